The zero-order valence-corrected chi connectivity index (χ0v) is 15.7. The van der Waals surface area contributed by atoms with E-state index in [4.69, 9.17) is 20.6 Å². The highest BCUT2D eigenvalue weighted by Crippen LogP contribution is 2.30. The van der Waals surface area contributed by atoms with Crippen LogP contribution in [0.3, 0.4) is 0 Å². The van der Waals surface area contributed by atoms with Gasteiger partial charge in [0.15, 0.2) is 12.5 Å². The Hall–Kier alpha value is -1.37. The highest BCUT2D eigenvalue weighted by atomic mass is 16.7. The average Bonchev–Trinajstić information content (AvgIpc) is 2.70. The maximum absolute atomic E-state index is 11.8. The van der Waals surface area contributed by atoms with Crippen LogP contribution in [-0.4, -0.2) is 128 Å². The summed E-state index contributed by atoms with van der Waals surface area (Å²) < 4.78 is 16.2. The van der Waals surface area contributed by atoms with E-state index in [0.29, 0.717) is 0 Å². The summed E-state index contributed by atoms with van der Waals surface area (Å²) in [7, 11) is 0. The molecule has 4 unspecified atom stereocenters. The molecule has 29 heavy (non-hydrogen) atoms. The lowest BCUT2D eigenvalue weighted by Gasteiger charge is -2.47. The number of aliphatic hydroxyl groups is 7. The first-order chi connectivity index (χ1) is 13.7. The van der Waals surface area contributed by atoms with E-state index in [1.165, 1.54) is 6.92 Å². The Balaban J connectivity index is 2.19. The van der Waals surface area contributed by atoms with Gasteiger partial charge < -0.3 is 54.9 Å². The van der Waals surface area contributed by atoms with Gasteiger partial charge >= 0.3 is 0 Å². The number of amides is 1. The molecular weight excluding hydrogens is 394 g/mol. The van der Waals surface area contributed by atoms with Gasteiger partial charge in [0.1, 0.15) is 48.8 Å². The van der Waals surface area contributed by atoms with Gasteiger partial charge in [-0.2, -0.15) is 0 Å². The molecule has 1 amide bonds. The molecule has 2 saturated heterocycles. The smallest absolute Gasteiger partial charge is 0.222 e. The summed E-state index contributed by atoms with van der Waals surface area (Å²) >= 11 is 0. The van der Waals surface area contributed by atoms with E-state index in [0.717, 1.165) is 4.90 Å². The van der Waals surface area contributed by atoms with Gasteiger partial charge in [0, 0.05) is 6.92 Å². The zero-order valence-electron chi connectivity index (χ0n) is 15.7. The van der Waals surface area contributed by atoms with E-state index >= 15 is 0 Å². The van der Waals surface area contributed by atoms with Crippen LogP contribution < -0.4 is 0 Å². The van der Waals surface area contributed by atoms with E-state index in [-0.39, 0.29) is 6.54 Å². The first-order valence-electron chi connectivity index (χ1n) is 8.97. The van der Waals surface area contributed by atoms with Crippen molar-refractivity contribution in [3.63, 3.8) is 0 Å². The number of rotatable bonds is 6. The second-order valence-corrected chi connectivity index (χ2v) is 6.88. The highest BCUT2D eigenvalue weighted by molar-refractivity contribution is 5.73. The number of nitrogens with zero attached hydrogens (tertiary/aromatic N) is 1. The number of aliphatic hydroxyl groups excluding tert-OH is 7. The summed E-state index contributed by atoms with van der Waals surface area (Å²) in [5.74, 6) is 1.69. The molecular formula is C17H27NO11. The maximum atomic E-state index is 11.8. The summed E-state index contributed by atoms with van der Waals surface area (Å²) in [6.07, 6.45) is -10.3. The lowest BCUT2D eigenvalue weighted by Crippen LogP contribution is -2.67. The minimum Gasteiger partial charge on any atom is -0.394 e. The predicted molar refractivity (Wildman–Crippen MR) is 92.6 cm³/mol. The van der Waals surface area contributed by atoms with Crippen LogP contribution in [0.25, 0.3) is 0 Å². The van der Waals surface area contributed by atoms with Crippen molar-refractivity contribution in [1.82, 2.24) is 4.90 Å². The monoisotopic (exact) mass is 421 g/mol. The summed E-state index contributed by atoms with van der Waals surface area (Å²) in [5.41, 5.74) is 0. The number of carbonyl (C=O) groups is 1. The zero-order chi connectivity index (χ0) is 21.9. The molecule has 12 heteroatoms. The lowest BCUT2D eigenvalue weighted by molar-refractivity contribution is -0.347. The van der Waals surface area contributed by atoms with E-state index in [9.17, 15) is 40.5 Å². The molecule has 166 valence electrons. The van der Waals surface area contributed by atoms with Crippen molar-refractivity contribution in [3.05, 3.63) is 0 Å². The topological polar surface area (TPSA) is 190 Å². The van der Waals surface area contributed by atoms with Gasteiger partial charge in [-0.1, -0.05) is 5.92 Å². The lowest BCUT2D eigenvalue weighted by atomic mass is 9.96. The van der Waals surface area contributed by atoms with Crippen molar-refractivity contribution in [3.8, 4) is 12.3 Å². The number of ether oxygens (including phenoxy) is 3. The van der Waals surface area contributed by atoms with Gasteiger partial charge in [-0.25, -0.2) is 0 Å². The predicted octanol–water partition coefficient (Wildman–Crippen LogP) is -4.91. The molecule has 0 aliphatic carbocycles. The fraction of sp³-hybridized carbons (Fsp3) is 0.824. The first kappa shape index (κ1) is 23.9. The molecule has 12 nitrogen and oxygen atoms in total. The third kappa shape index (κ3) is 4.86. The molecule has 0 radical (unpaired) electrons. The first-order valence-corrected chi connectivity index (χ1v) is 8.97. The van der Waals surface area contributed by atoms with Crippen LogP contribution in [0.1, 0.15) is 6.92 Å². The van der Waals surface area contributed by atoms with E-state index < -0.39 is 80.5 Å². The SMILES string of the molecule is C#CCN(C(C)=O)[C@@H]1O[C@@H](CO)[C@@H](OC2OC(CO)[C@@H](O)[C@H](O)[C@@H]2O)C(O)C1O. The number of hydrogen-bond acceptors (Lipinski definition) is 11. The molecule has 10 atom stereocenters. The van der Waals surface area contributed by atoms with Crippen LogP contribution in [0, 0.1) is 12.3 Å². The molecule has 0 aromatic carbocycles. The number of hydrogen-bond donors (Lipinski definition) is 7. The van der Waals surface area contributed by atoms with Crippen LogP contribution in [-0.2, 0) is 19.0 Å². The van der Waals surface area contributed by atoms with Gasteiger partial charge in [0.25, 0.3) is 0 Å². The van der Waals surface area contributed by atoms with Crippen molar-refractivity contribution in [2.45, 2.75) is 68.3 Å². The van der Waals surface area contributed by atoms with Gasteiger partial charge in [0.05, 0.1) is 19.8 Å². The molecule has 2 aliphatic heterocycles. The Morgan fingerprint density at radius 2 is 1.59 bits per heavy atom. The second-order valence-electron chi connectivity index (χ2n) is 6.88. The van der Waals surface area contributed by atoms with Crippen molar-refractivity contribution in [1.29, 1.82) is 0 Å². The minimum absolute atomic E-state index is 0.222. The summed E-state index contributed by atoms with van der Waals surface area (Å²) in [4.78, 5) is 12.8. The van der Waals surface area contributed by atoms with Crippen molar-refractivity contribution in [2.75, 3.05) is 19.8 Å². The van der Waals surface area contributed by atoms with Gasteiger partial charge in [-0.3, -0.25) is 4.79 Å². The van der Waals surface area contributed by atoms with Crippen LogP contribution in [0.5, 0.6) is 0 Å². The fourth-order valence-corrected chi connectivity index (χ4v) is 3.31. The third-order valence-electron chi connectivity index (χ3n) is 4.95. The average molecular weight is 421 g/mol. The van der Waals surface area contributed by atoms with Crippen LogP contribution in [0.15, 0.2) is 0 Å². The standard InChI is InChI=1S/C17H27NO11/c1-3-4-18(7(2)21)16-13(25)12(24)15(9(6-20)27-16)29-17-14(26)11(23)10(22)8(5-19)28-17/h1,8-17,19-20,22-26H,4-6H2,2H3/t8?,9-,10+,11-,12?,13?,14-,15+,16+,17?/m0/s1. The van der Waals surface area contributed by atoms with Crippen LogP contribution in [0.2, 0.25) is 0 Å². The molecule has 7 N–H and O–H groups in total. The number of terminal acetylenes is 1. The molecule has 2 fully saturated rings. The van der Waals surface area contributed by atoms with Gasteiger partial charge in [-0.05, 0) is 0 Å². The molecule has 0 aromatic heterocycles. The minimum atomic E-state index is -1.76. The third-order valence-corrected chi connectivity index (χ3v) is 4.95. The Bertz CT molecular complexity index is 594. The van der Waals surface area contributed by atoms with E-state index in [1.807, 2.05) is 0 Å². The van der Waals surface area contributed by atoms with Crippen molar-refractivity contribution in [2.24, 2.45) is 0 Å². The summed E-state index contributed by atoms with van der Waals surface area (Å²) in [6.45, 7) is -0.434. The number of carbonyl (C=O) groups excluding carboxylic acids is 1. The van der Waals surface area contributed by atoms with Gasteiger partial charge in [-0.15, -0.1) is 6.42 Å². The highest BCUT2D eigenvalue weighted by Gasteiger charge is 2.51. The Labute approximate surface area is 166 Å². The Morgan fingerprint density at radius 3 is 2.10 bits per heavy atom. The van der Waals surface area contributed by atoms with Crippen molar-refractivity contribution >= 4 is 5.91 Å². The normalized spacial score (nSPS) is 42.9. The quantitative estimate of drug-likeness (QED) is 0.204. The molecule has 0 aromatic rings. The van der Waals surface area contributed by atoms with E-state index in [2.05, 4.69) is 5.92 Å². The molecule has 0 bridgehead atoms. The summed E-state index contributed by atoms with van der Waals surface area (Å²) in [6, 6.07) is 0. The second kappa shape index (κ2) is 10.1. The molecule has 2 aliphatic rings. The van der Waals surface area contributed by atoms with Gasteiger partial charge in [0.2, 0.25) is 5.91 Å². The molecule has 0 saturated carbocycles. The molecule has 2 rings (SSSR count). The summed E-state index contributed by atoms with van der Waals surface area (Å²) in [5, 5.41) is 69.6. The Morgan fingerprint density at radius 1 is 0.966 bits per heavy atom. The maximum Gasteiger partial charge on any atom is 0.222 e. The molecule has 2 heterocycles. The van der Waals surface area contributed by atoms with Crippen LogP contribution >= 0.6 is 0 Å². The fourth-order valence-electron chi connectivity index (χ4n) is 3.31. The van der Waals surface area contributed by atoms with E-state index in [1.54, 1.807) is 0 Å². The largest absolute Gasteiger partial charge is 0.394 e. The Kier molecular flexibility index (Phi) is 8.32. The van der Waals surface area contributed by atoms with Crippen molar-refractivity contribution < 1.29 is 54.8 Å². The van der Waals surface area contributed by atoms with Crippen LogP contribution in [0.4, 0.5) is 0 Å². The molecule has 0 spiro atoms.